The Hall–Kier alpha value is -0.950. The van der Waals surface area contributed by atoms with Crippen LogP contribution in [0.25, 0.3) is 0 Å². The molecule has 0 saturated heterocycles. The van der Waals surface area contributed by atoms with E-state index in [2.05, 4.69) is 10.9 Å². The standard InChI is InChI=1S/C12H21N3O2S/c1-4-13-15(14-5-2)18(16,17)11(3)12-9-7-6-8-10-12/h6-11,13-14H,4-5H2,1-3H3. The minimum Gasteiger partial charge on any atom is -0.227 e. The van der Waals surface area contributed by atoms with Gasteiger partial charge in [0.25, 0.3) is 0 Å². The van der Waals surface area contributed by atoms with Crippen LogP contribution in [0.1, 0.15) is 31.6 Å². The van der Waals surface area contributed by atoms with Gasteiger partial charge >= 0.3 is 0 Å². The molecule has 0 aromatic heterocycles. The average Bonchev–Trinajstić information content (AvgIpc) is 2.38. The molecule has 18 heavy (non-hydrogen) atoms. The molecule has 0 aliphatic rings. The molecule has 0 bridgehead atoms. The van der Waals surface area contributed by atoms with Gasteiger partial charge in [-0.15, -0.1) is 0 Å². The van der Waals surface area contributed by atoms with Crippen LogP contribution >= 0.6 is 0 Å². The number of hydrogen-bond acceptors (Lipinski definition) is 4. The van der Waals surface area contributed by atoms with Crippen LogP contribution in [-0.4, -0.2) is 26.0 Å². The molecule has 6 heteroatoms. The molecule has 1 unspecified atom stereocenters. The number of hydrogen-bond donors (Lipinski definition) is 2. The summed E-state index contributed by atoms with van der Waals surface area (Å²) in [6.07, 6.45) is 0. The molecule has 1 aromatic carbocycles. The van der Waals surface area contributed by atoms with Crippen LogP contribution in [0.2, 0.25) is 0 Å². The van der Waals surface area contributed by atoms with Crippen molar-refractivity contribution >= 4 is 10.0 Å². The molecule has 1 rings (SSSR count). The summed E-state index contributed by atoms with van der Waals surface area (Å²) in [7, 11) is -3.47. The third-order valence-electron chi connectivity index (χ3n) is 2.57. The normalized spacial score (nSPS) is 13.8. The lowest BCUT2D eigenvalue weighted by Gasteiger charge is -2.25. The van der Waals surface area contributed by atoms with Crippen LogP contribution in [0.3, 0.4) is 0 Å². The monoisotopic (exact) mass is 271 g/mol. The molecule has 102 valence electrons. The smallest absolute Gasteiger partial charge is 0.227 e. The van der Waals surface area contributed by atoms with E-state index in [1.165, 1.54) is 0 Å². The summed E-state index contributed by atoms with van der Waals surface area (Å²) in [5, 5.41) is -0.600. The molecule has 0 aliphatic carbocycles. The van der Waals surface area contributed by atoms with Crippen LogP contribution < -0.4 is 10.9 Å². The van der Waals surface area contributed by atoms with Crippen LogP contribution in [0.4, 0.5) is 0 Å². The second-order valence-electron chi connectivity index (χ2n) is 3.89. The van der Waals surface area contributed by atoms with E-state index < -0.39 is 15.3 Å². The minimum atomic E-state index is -3.47. The van der Waals surface area contributed by atoms with E-state index in [0.29, 0.717) is 13.1 Å². The first-order valence-electron chi connectivity index (χ1n) is 6.10. The number of rotatable bonds is 7. The van der Waals surface area contributed by atoms with E-state index in [1.54, 1.807) is 6.92 Å². The molecule has 0 saturated carbocycles. The van der Waals surface area contributed by atoms with Crippen molar-refractivity contribution in [2.75, 3.05) is 13.1 Å². The summed E-state index contributed by atoms with van der Waals surface area (Å²) in [6, 6.07) is 9.18. The highest BCUT2D eigenvalue weighted by atomic mass is 32.2. The van der Waals surface area contributed by atoms with Gasteiger partial charge < -0.3 is 0 Å². The maximum absolute atomic E-state index is 12.4. The van der Waals surface area contributed by atoms with Gasteiger partial charge in [-0.3, -0.25) is 0 Å². The predicted molar refractivity (Wildman–Crippen MR) is 73.0 cm³/mol. The average molecular weight is 271 g/mol. The molecular weight excluding hydrogens is 250 g/mol. The zero-order valence-corrected chi connectivity index (χ0v) is 11.9. The molecule has 0 heterocycles. The van der Waals surface area contributed by atoms with Gasteiger partial charge in [-0.05, 0) is 12.5 Å². The first-order valence-corrected chi connectivity index (χ1v) is 7.60. The fourth-order valence-corrected chi connectivity index (χ4v) is 3.01. The van der Waals surface area contributed by atoms with E-state index in [4.69, 9.17) is 0 Å². The lowest BCUT2D eigenvalue weighted by Crippen LogP contribution is -2.52. The summed E-state index contributed by atoms with van der Waals surface area (Å²) in [4.78, 5) is 0. The molecule has 0 spiro atoms. The van der Waals surface area contributed by atoms with E-state index in [9.17, 15) is 8.42 Å². The van der Waals surface area contributed by atoms with Crippen LogP contribution in [-0.2, 0) is 10.0 Å². The number of hydrazine groups is 2. The Morgan fingerprint density at radius 2 is 1.61 bits per heavy atom. The van der Waals surface area contributed by atoms with Crippen molar-refractivity contribution < 1.29 is 8.42 Å². The summed E-state index contributed by atoms with van der Waals surface area (Å²) in [5.41, 5.74) is 6.39. The van der Waals surface area contributed by atoms with Crippen molar-refractivity contribution in [1.82, 2.24) is 15.4 Å². The second-order valence-corrected chi connectivity index (χ2v) is 5.99. The molecule has 5 nitrogen and oxygen atoms in total. The third-order valence-corrected chi connectivity index (χ3v) is 4.51. The molecule has 1 atom stereocenters. The quantitative estimate of drug-likeness (QED) is 0.737. The van der Waals surface area contributed by atoms with Gasteiger partial charge in [0, 0.05) is 13.1 Å². The predicted octanol–water partition coefficient (Wildman–Crippen LogP) is 1.43. The topological polar surface area (TPSA) is 61.4 Å². The highest BCUT2D eigenvalue weighted by Gasteiger charge is 2.29. The summed E-state index contributed by atoms with van der Waals surface area (Å²) in [5.74, 6) is 0. The van der Waals surface area contributed by atoms with E-state index in [1.807, 2.05) is 44.2 Å². The minimum absolute atomic E-state index is 0.535. The maximum atomic E-state index is 12.4. The molecule has 0 amide bonds. The Morgan fingerprint density at radius 3 is 2.06 bits per heavy atom. The van der Waals surface area contributed by atoms with Crippen LogP contribution in [0.5, 0.6) is 0 Å². The Morgan fingerprint density at radius 1 is 1.11 bits per heavy atom. The van der Waals surface area contributed by atoms with E-state index in [-0.39, 0.29) is 0 Å². The van der Waals surface area contributed by atoms with Gasteiger partial charge in [0.2, 0.25) is 10.0 Å². The Bertz CT molecular complexity index is 442. The Balaban J connectivity index is 2.97. The Kier molecular flexibility index (Phi) is 5.74. The lowest BCUT2D eigenvalue weighted by molar-refractivity contribution is 0.242. The third kappa shape index (κ3) is 3.52. The highest BCUT2D eigenvalue weighted by Crippen LogP contribution is 2.22. The van der Waals surface area contributed by atoms with Crippen LogP contribution in [0, 0.1) is 0 Å². The van der Waals surface area contributed by atoms with Crippen molar-refractivity contribution in [1.29, 1.82) is 0 Å². The van der Waals surface area contributed by atoms with Gasteiger partial charge in [0.1, 0.15) is 5.25 Å². The summed E-state index contributed by atoms with van der Waals surface area (Å²) in [6.45, 7) is 6.47. The second kappa shape index (κ2) is 6.84. The van der Waals surface area contributed by atoms with E-state index in [0.717, 1.165) is 10.1 Å². The van der Waals surface area contributed by atoms with Gasteiger partial charge in [0.05, 0.1) is 0 Å². The number of sulfonamides is 1. The van der Waals surface area contributed by atoms with Gasteiger partial charge in [-0.25, -0.2) is 19.3 Å². The molecular formula is C12H21N3O2S. The van der Waals surface area contributed by atoms with Gasteiger partial charge in [-0.2, -0.15) is 0 Å². The van der Waals surface area contributed by atoms with Crippen molar-refractivity contribution in [3.8, 4) is 0 Å². The van der Waals surface area contributed by atoms with Crippen molar-refractivity contribution in [3.05, 3.63) is 35.9 Å². The van der Waals surface area contributed by atoms with Crippen molar-refractivity contribution in [2.45, 2.75) is 26.0 Å². The fraction of sp³-hybridized carbons (Fsp3) is 0.500. The number of benzene rings is 1. The van der Waals surface area contributed by atoms with Gasteiger partial charge in [-0.1, -0.05) is 48.7 Å². The maximum Gasteiger partial charge on any atom is 0.247 e. The first-order chi connectivity index (χ1) is 8.54. The first kappa shape index (κ1) is 15.1. The zero-order chi connectivity index (χ0) is 13.6. The molecule has 2 N–H and O–H groups in total. The van der Waals surface area contributed by atoms with Crippen LogP contribution in [0.15, 0.2) is 30.3 Å². The highest BCUT2D eigenvalue weighted by molar-refractivity contribution is 7.89. The number of nitrogens with one attached hydrogen (secondary N) is 2. The molecule has 0 aliphatic heterocycles. The molecule has 0 radical (unpaired) electrons. The summed E-state index contributed by atoms with van der Waals surface area (Å²) >= 11 is 0. The fourth-order valence-electron chi connectivity index (χ4n) is 1.58. The largest absolute Gasteiger partial charge is 0.247 e. The molecule has 0 fully saturated rings. The van der Waals surface area contributed by atoms with E-state index >= 15 is 0 Å². The van der Waals surface area contributed by atoms with Crippen molar-refractivity contribution in [2.24, 2.45) is 0 Å². The zero-order valence-electron chi connectivity index (χ0n) is 11.1. The van der Waals surface area contributed by atoms with Gasteiger partial charge in [0.15, 0.2) is 0 Å². The number of nitrogens with zero attached hydrogens (tertiary/aromatic N) is 1. The Labute approximate surface area is 109 Å². The molecule has 1 aromatic rings. The SMILES string of the molecule is CCNN(NCC)S(=O)(=O)C(C)c1ccccc1. The van der Waals surface area contributed by atoms with Crippen molar-refractivity contribution in [3.63, 3.8) is 0 Å². The summed E-state index contributed by atoms with van der Waals surface area (Å²) < 4.78 is 25.9. The lowest BCUT2D eigenvalue weighted by atomic mass is 10.2.